The third-order valence-corrected chi connectivity index (χ3v) is 5.00. The van der Waals surface area contributed by atoms with Crippen LogP contribution in [-0.2, 0) is 13.1 Å². The topological polar surface area (TPSA) is 53.7 Å². The summed E-state index contributed by atoms with van der Waals surface area (Å²) < 4.78 is 28.8. The quantitative estimate of drug-likeness (QED) is 0.148. The van der Waals surface area contributed by atoms with Crippen LogP contribution < -0.4 is 0 Å². The molecule has 0 saturated carbocycles. The van der Waals surface area contributed by atoms with Gasteiger partial charge < -0.3 is 4.57 Å². The van der Waals surface area contributed by atoms with Crippen molar-refractivity contribution < 1.29 is 8.78 Å². The summed E-state index contributed by atoms with van der Waals surface area (Å²) in [4.78, 5) is 2.91. The first kappa shape index (κ1) is 20.9. The van der Waals surface area contributed by atoms with E-state index in [2.05, 4.69) is 21.9 Å². The van der Waals surface area contributed by atoms with Gasteiger partial charge in [-0.2, -0.15) is 0 Å². The van der Waals surface area contributed by atoms with Crippen molar-refractivity contribution in [1.82, 2.24) is 4.57 Å². The van der Waals surface area contributed by atoms with Crippen molar-refractivity contribution in [2.24, 2.45) is 5.11 Å². The number of nitrogens with zero attached hydrogens (tertiary/aromatic N) is 4. The predicted octanol–water partition coefficient (Wildman–Crippen LogP) is 6.69. The van der Waals surface area contributed by atoms with Gasteiger partial charge in [0.05, 0.1) is 6.54 Å². The fourth-order valence-corrected chi connectivity index (χ4v) is 3.45. The highest BCUT2D eigenvalue weighted by atomic mass is 19.1. The fraction of sp³-hybridized carbons (Fsp3) is 0.0769. The Balaban J connectivity index is 1.86. The normalized spacial score (nSPS) is 10.2. The first-order valence-corrected chi connectivity index (χ1v) is 9.95. The SMILES string of the molecule is [N-]=[N+]=NCc1c(C#Cc2ccc(F)cc2)cc(-c2ccc(F)cc2)n1Cc1ccccc1. The summed E-state index contributed by atoms with van der Waals surface area (Å²) in [5, 5.41) is 3.78. The molecule has 0 saturated heterocycles. The lowest BCUT2D eigenvalue weighted by Crippen LogP contribution is -2.06. The van der Waals surface area contributed by atoms with E-state index >= 15 is 0 Å². The maximum Gasteiger partial charge on any atom is 0.123 e. The number of azide groups is 1. The third kappa shape index (κ3) is 4.86. The minimum absolute atomic E-state index is 0.109. The van der Waals surface area contributed by atoms with Crippen molar-refractivity contribution in [3.63, 3.8) is 0 Å². The summed E-state index contributed by atoms with van der Waals surface area (Å²) in [7, 11) is 0. The zero-order valence-electron chi connectivity index (χ0n) is 17.0. The molecule has 1 aromatic heterocycles. The summed E-state index contributed by atoms with van der Waals surface area (Å²) in [6.07, 6.45) is 0. The van der Waals surface area contributed by atoms with Gasteiger partial charge in [0.15, 0.2) is 0 Å². The van der Waals surface area contributed by atoms with Crippen LogP contribution >= 0.6 is 0 Å². The van der Waals surface area contributed by atoms with Crippen molar-refractivity contribution in [2.75, 3.05) is 0 Å². The maximum atomic E-state index is 13.5. The van der Waals surface area contributed by atoms with E-state index < -0.39 is 0 Å². The van der Waals surface area contributed by atoms with E-state index in [1.165, 1.54) is 24.3 Å². The molecule has 0 spiro atoms. The van der Waals surface area contributed by atoms with Crippen molar-refractivity contribution in [3.8, 4) is 23.1 Å². The molecule has 32 heavy (non-hydrogen) atoms. The summed E-state index contributed by atoms with van der Waals surface area (Å²) in [6, 6.07) is 24.0. The van der Waals surface area contributed by atoms with Gasteiger partial charge >= 0.3 is 0 Å². The molecule has 4 aromatic rings. The van der Waals surface area contributed by atoms with Gasteiger partial charge in [-0.15, -0.1) is 0 Å². The summed E-state index contributed by atoms with van der Waals surface area (Å²) >= 11 is 0. The molecule has 156 valence electrons. The number of hydrogen-bond acceptors (Lipinski definition) is 1. The maximum absolute atomic E-state index is 13.5. The Morgan fingerprint density at radius 2 is 1.50 bits per heavy atom. The molecule has 6 heteroatoms. The van der Waals surface area contributed by atoms with Crippen LogP contribution in [0.1, 0.15) is 22.4 Å². The van der Waals surface area contributed by atoms with Crippen LogP contribution in [0.5, 0.6) is 0 Å². The average Bonchev–Trinajstić information content (AvgIpc) is 3.15. The van der Waals surface area contributed by atoms with Crippen LogP contribution in [-0.4, -0.2) is 4.57 Å². The molecular formula is C26H18F2N4. The fourth-order valence-electron chi connectivity index (χ4n) is 3.45. The minimum atomic E-state index is -0.327. The molecule has 0 aliphatic carbocycles. The molecule has 3 aromatic carbocycles. The lowest BCUT2D eigenvalue weighted by atomic mass is 10.1. The Hall–Kier alpha value is -4.33. The number of benzene rings is 3. The van der Waals surface area contributed by atoms with E-state index in [4.69, 9.17) is 5.53 Å². The van der Waals surface area contributed by atoms with Gasteiger partial charge in [-0.25, -0.2) is 8.78 Å². The molecule has 0 unspecified atom stereocenters. The van der Waals surface area contributed by atoms with Gasteiger partial charge in [-0.3, -0.25) is 0 Å². The van der Waals surface area contributed by atoms with Crippen molar-refractivity contribution in [2.45, 2.75) is 13.1 Å². The van der Waals surface area contributed by atoms with Gasteiger partial charge in [-0.1, -0.05) is 47.3 Å². The predicted molar refractivity (Wildman–Crippen MR) is 121 cm³/mol. The monoisotopic (exact) mass is 424 g/mol. The smallest absolute Gasteiger partial charge is 0.123 e. The second-order valence-corrected chi connectivity index (χ2v) is 7.11. The van der Waals surface area contributed by atoms with Crippen LogP contribution in [0.4, 0.5) is 8.78 Å². The number of halogens is 2. The van der Waals surface area contributed by atoms with Crippen LogP contribution in [0.15, 0.2) is 90.0 Å². The van der Waals surface area contributed by atoms with Gasteiger partial charge in [-0.05, 0) is 71.3 Å². The van der Waals surface area contributed by atoms with Crippen molar-refractivity contribution >= 4 is 0 Å². The zero-order valence-corrected chi connectivity index (χ0v) is 17.0. The summed E-state index contributed by atoms with van der Waals surface area (Å²) in [6.45, 7) is 0.639. The molecule has 0 amide bonds. The molecule has 1 heterocycles. The van der Waals surface area contributed by atoms with Gasteiger partial charge in [0.2, 0.25) is 0 Å². The molecular weight excluding hydrogens is 406 g/mol. The van der Waals surface area contributed by atoms with Crippen molar-refractivity contribution in [1.29, 1.82) is 0 Å². The molecule has 4 rings (SSSR count). The van der Waals surface area contributed by atoms with Crippen LogP contribution in [0.25, 0.3) is 21.7 Å². The largest absolute Gasteiger partial charge is 0.339 e. The molecule has 0 bridgehead atoms. The number of rotatable bonds is 5. The van der Waals surface area contributed by atoms with Gasteiger partial charge in [0.25, 0.3) is 0 Å². The Morgan fingerprint density at radius 1 is 0.844 bits per heavy atom. The average molecular weight is 424 g/mol. The molecule has 0 fully saturated rings. The molecule has 0 aliphatic rings. The standard InChI is InChI=1S/C26H18F2N4/c27-23-12-7-19(8-13-23)6-9-22-16-25(21-10-14-24(28)15-11-21)32(26(22)17-30-31-29)18-20-4-2-1-3-5-20/h1-5,7-8,10-16H,17-18H2. The second kappa shape index (κ2) is 9.65. The van der Waals surface area contributed by atoms with Crippen LogP contribution in [0.3, 0.4) is 0 Å². The Bertz CT molecular complexity index is 1320. The molecule has 0 atom stereocenters. The number of aromatic nitrogens is 1. The Kier molecular flexibility index (Phi) is 6.31. The first-order valence-electron chi connectivity index (χ1n) is 9.95. The van der Waals surface area contributed by atoms with E-state index in [1.807, 2.05) is 41.0 Å². The Labute approximate surface area is 184 Å². The number of hydrogen-bond donors (Lipinski definition) is 0. The third-order valence-electron chi connectivity index (χ3n) is 5.00. The van der Waals surface area contributed by atoms with E-state index in [-0.39, 0.29) is 18.2 Å². The Morgan fingerprint density at radius 3 is 2.16 bits per heavy atom. The molecule has 0 radical (unpaired) electrons. The lowest BCUT2D eigenvalue weighted by molar-refractivity contribution is 0.627. The zero-order chi connectivity index (χ0) is 22.3. The van der Waals surface area contributed by atoms with E-state index in [0.717, 1.165) is 22.5 Å². The van der Waals surface area contributed by atoms with E-state index in [1.54, 1.807) is 24.3 Å². The molecule has 0 N–H and O–H groups in total. The van der Waals surface area contributed by atoms with Gasteiger partial charge in [0.1, 0.15) is 11.6 Å². The molecule has 4 nitrogen and oxygen atoms in total. The second-order valence-electron chi connectivity index (χ2n) is 7.11. The van der Waals surface area contributed by atoms with Crippen LogP contribution in [0, 0.1) is 23.5 Å². The van der Waals surface area contributed by atoms with Gasteiger partial charge in [0, 0.05) is 34.0 Å². The highest BCUT2D eigenvalue weighted by molar-refractivity contribution is 5.65. The summed E-state index contributed by atoms with van der Waals surface area (Å²) in [5.41, 5.74) is 13.7. The van der Waals surface area contributed by atoms with Crippen molar-refractivity contribution in [3.05, 3.63) is 129 Å². The van der Waals surface area contributed by atoms with E-state index in [9.17, 15) is 8.78 Å². The highest BCUT2D eigenvalue weighted by Crippen LogP contribution is 2.28. The first-order chi connectivity index (χ1) is 15.6. The molecule has 0 aliphatic heterocycles. The minimum Gasteiger partial charge on any atom is -0.339 e. The highest BCUT2D eigenvalue weighted by Gasteiger charge is 2.16. The van der Waals surface area contributed by atoms with E-state index in [0.29, 0.717) is 17.7 Å². The lowest BCUT2D eigenvalue weighted by Gasteiger charge is -2.13. The van der Waals surface area contributed by atoms with Crippen LogP contribution in [0.2, 0.25) is 0 Å². The summed E-state index contributed by atoms with van der Waals surface area (Å²) in [5.74, 6) is 5.53.